The Bertz CT molecular complexity index is 676. The Labute approximate surface area is 117 Å². The Morgan fingerprint density at radius 3 is 3.05 bits per heavy atom. The van der Waals surface area contributed by atoms with Gasteiger partial charge in [0.1, 0.15) is 5.58 Å². The fraction of sp³-hybridized carbons (Fsp3) is 0.438. The number of amides is 1. The Hall–Kier alpha value is -1.81. The second-order valence-corrected chi connectivity index (χ2v) is 5.99. The number of fused-ring (bicyclic) bond motifs is 3. The summed E-state index contributed by atoms with van der Waals surface area (Å²) in [7, 11) is 0. The lowest BCUT2D eigenvalue weighted by Crippen LogP contribution is -2.42. The Balaban J connectivity index is 1.56. The van der Waals surface area contributed by atoms with E-state index in [1.807, 2.05) is 25.1 Å². The molecule has 2 saturated heterocycles. The third-order valence-electron chi connectivity index (χ3n) is 4.65. The Kier molecular flexibility index (Phi) is 2.60. The predicted molar refractivity (Wildman–Crippen MR) is 76.8 cm³/mol. The fourth-order valence-electron chi connectivity index (χ4n) is 3.53. The molecule has 2 fully saturated rings. The van der Waals surface area contributed by atoms with Gasteiger partial charge in [-0.1, -0.05) is 0 Å². The van der Waals surface area contributed by atoms with Crippen LogP contribution in [0.3, 0.4) is 0 Å². The number of benzene rings is 1. The van der Waals surface area contributed by atoms with Crippen LogP contribution in [0, 0.1) is 6.92 Å². The van der Waals surface area contributed by atoms with Crippen molar-refractivity contribution in [3.8, 4) is 0 Å². The van der Waals surface area contributed by atoms with Gasteiger partial charge in [0.05, 0.1) is 6.26 Å². The van der Waals surface area contributed by atoms with E-state index in [9.17, 15) is 4.79 Å². The van der Waals surface area contributed by atoms with E-state index in [4.69, 9.17) is 4.42 Å². The number of nitrogens with one attached hydrogen (secondary N) is 2. The summed E-state index contributed by atoms with van der Waals surface area (Å²) in [6.45, 7) is 1.99. The van der Waals surface area contributed by atoms with Gasteiger partial charge in [0.15, 0.2) is 0 Å². The van der Waals surface area contributed by atoms with Crippen molar-refractivity contribution in [1.29, 1.82) is 0 Å². The summed E-state index contributed by atoms with van der Waals surface area (Å²) in [6, 6.07) is 6.97. The molecule has 1 amide bonds. The molecule has 0 spiro atoms. The number of carbonyl (C=O) groups excluding carboxylic acids is 1. The number of aryl methyl sites for hydroxylation is 1. The maximum atomic E-state index is 12.4. The van der Waals surface area contributed by atoms with E-state index in [1.165, 1.54) is 12.8 Å². The van der Waals surface area contributed by atoms with E-state index in [0.29, 0.717) is 17.6 Å². The Morgan fingerprint density at radius 2 is 2.30 bits per heavy atom. The summed E-state index contributed by atoms with van der Waals surface area (Å²) in [5.41, 5.74) is 2.61. The van der Waals surface area contributed by atoms with Gasteiger partial charge in [-0.25, -0.2) is 0 Å². The minimum Gasteiger partial charge on any atom is -0.464 e. The average molecular weight is 270 g/mol. The summed E-state index contributed by atoms with van der Waals surface area (Å²) in [5.74, 6) is 0.0202. The second kappa shape index (κ2) is 4.35. The van der Waals surface area contributed by atoms with Gasteiger partial charge in [0.25, 0.3) is 5.91 Å². The van der Waals surface area contributed by atoms with Gasteiger partial charge in [-0.15, -0.1) is 0 Å². The van der Waals surface area contributed by atoms with Gasteiger partial charge in [-0.3, -0.25) is 4.79 Å². The lowest BCUT2D eigenvalue weighted by molar-refractivity contribution is 0.0931. The van der Waals surface area contributed by atoms with Crippen LogP contribution in [0.15, 0.2) is 28.9 Å². The van der Waals surface area contributed by atoms with Crippen LogP contribution in [0.4, 0.5) is 0 Å². The van der Waals surface area contributed by atoms with Gasteiger partial charge in [0, 0.05) is 29.1 Å². The lowest BCUT2D eigenvalue weighted by Gasteiger charge is -2.21. The smallest absolute Gasteiger partial charge is 0.251 e. The van der Waals surface area contributed by atoms with Crippen molar-refractivity contribution in [3.63, 3.8) is 0 Å². The molecule has 4 rings (SSSR count). The summed E-state index contributed by atoms with van der Waals surface area (Å²) in [4.78, 5) is 12.4. The molecule has 3 atom stereocenters. The monoisotopic (exact) mass is 270 g/mol. The first-order valence-corrected chi connectivity index (χ1v) is 7.25. The van der Waals surface area contributed by atoms with Crippen molar-refractivity contribution in [2.45, 2.75) is 44.3 Å². The van der Waals surface area contributed by atoms with E-state index < -0.39 is 0 Å². The molecule has 3 heterocycles. The van der Waals surface area contributed by atoms with E-state index in [0.717, 1.165) is 23.0 Å². The molecular weight excluding hydrogens is 252 g/mol. The quantitative estimate of drug-likeness (QED) is 0.881. The van der Waals surface area contributed by atoms with Crippen molar-refractivity contribution in [2.75, 3.05) is 0 Å². The molecule has 0 radical (unpaired) electrons. The molecule has 4 heteroatoms. The van der Waals surface area contributed by atoms with Crippen molar-refractivity contribution in [2.24, 2.45) is 0 Å². The summed E-state index contributed by atoms with van der Waals surface area (Å²) < 4.78 is 5.42. The number of carbonyl (C=O) groups is 1. The molecule has 0 aliphatic carbocycles. The summed E-state index contributed by atoms with van der Waals surface area (Å²) in [6.07, 6.45) is 5.21. The SMILES string of the molecule is Cc1coc2ccc(C(=O)N[C@@H]3CC4CCC3N4)cc12. The number of furan rings is 1. The molecule has 2 aliphatic rings. The molecule has 0 saturated carbocycles. The number of hydrogen-bond acceptors (Lipinski definition) is 3. The lowest BCUT2D eigenvalue weighted by atomic mass is 9.95. The summed E-state index contributed by atoms with van der Waals surface area (Å²) >= 11 is 0. The third-order valence-corrected chi connectivity index (χ3v) is 4.65. The molecule has 2 N–H and O–H groups in total. The van der Waals surface area contributed by atoms with Crippen LogP contribution in [0.2, 0.25) is 0 Å². The maximum Gasteiger partial charge on any atom is 0.251 e. The zero-order chi connectivity index (χ0) is 13.7. The molecule has 2 unspecified atom stereocenters. The van der Waals surface area contributed by atoms with Crippen molar-refractivity contribution >= 4 is 16.9 Å². The van der Waals surface area contributed by atoms with E-state index in [2.05, 4.69) is 10.6 Å². The molecule has 2 bridgehead atoms. The molecule has 20 heavy (non-hydrogen) atoms. The number of hydrogen-bond donors (Lipinski definition) is 2. The predicted octanol–water partition coefficient (Wildman–Crippen LogP) is 2.36. The largest absolute Gasteiger partial charge is 0.464 e. The van der Waals surface area contributed by atoms with Crippen LogP contribution in [-0.2, 0) is 0 Å². The molecule has 4 nitrogen and oxygen atoms in total. The van der Waals surface area contributed by atoms with Gasteiger partial charge in [0.2, 0.25) is 0 Å². The highest BCUT2D eigenvalue weighted by molar-refractivity contribution is 5.98. The first kappa shape index (κ1) is 12.0. The van der Waals surface area contributed by atoms with Crippen LogP contribution in [-0.4, -0.2) is 24.0 Å². The Morgan fingerprint density at radius 1 is 1.40 bits per heavy atom. The fourth-order valence-corrected chi connectivity index (χ4v) is 3.53. The third kappa shape index (κ3) is 1.83. The second-order valence-electron chi connectivity index (χ2n) is 5.99. The molecule has 1 aromatic carbocycles. The summed E-state index contributed by atoms with van der Waals surface area (Å²) in [5, 5.41) is 7.73. The van der Waals surface area contributed by atoms with Gasteiger partial charge in [-0.2, -0.15) is 0 Å². The van der Waals surface area contributed by atoms with E-state index in [1.54, 1.807) is 6.26 Å². The van der Waals surface area contributed by atoms with E-state index in [-0.39, 0.29) is 11.9 Å². The normalized spacial score (nSPS) is 28.1. The molecule has 1 aromatic heterocycles. The van der Waals surface area contributed by atoms with Crippen LogP contribution >= 0.6 is 0 Å². The van der Waals surface area contributed by atoms with Crippen LogP contribution in [0.25, 0.3) is 11.0 Å². The molecule has 104 valence electrons. The molecule has 2 aliphatic heterocycles. The standard InChI is InChI=1S/C16H18N2O2/c1-9-8-20-15-5-2-10(6-12(9)15)16(19)18-14-7-11-3-4-13(14)17-11/h2,5-6,8,11,13-14,17H,3-4,7H2,1H3,(H,18,19)/t11?,13?,14-/m1/s1. The van der Waals surface area contributed by atoms with Crippen molar-refractivity contribution < 1.29 is 9.21 Å². The topological polar surface area (TPSA) is 54.3 Å². The first-order chi connectivity index (χ1) is 9.70. The maximum absolute atomic E-state index is 12.4. The highest BCUT2D eigenvalue weighted by Gasteiger charge is 2.39. The van der Waals surface area contributed by atoms with Gasteiger partial charge >= 0.3 is 0 Å². The van der Waals surface area contributed by atoms with Gasteiger partial charge in [-0.05, 0) is 49.9 Å². The van der Waals surface area contributed by atoms with Crippen LogP contribution in [0.1, 0.15) is 35.2 Å². The highest BCUT2D eigenvalue weighted by Crippen LogP contribution is 2.28. The minimum absolute atomic E-state index is 0.0202. The average Bonchev–Trinajstić information content (AvgIpc) is 3.15. The zero-order valence-corrected chi connectivity index (χ0v) is 11.5. The minimum atomic E-state index is 0.0202. The van der Waals surface area contributed by atoms with Gasteiger partial charge < -0.3 is 15.1 Å². The number of rotatable bonds is 2. The highest BCUT2D eigenvalue weighted by atomic mass is 16.3. The molecular formula is C16H18N2O2. The zero-order valence-electron chi connectivity index (χ0n) is 11.5. The van der Waals surface area contributed by atoms with Crippen LogP contribution < -0.4 is 10.6 Å². The first-order valence-electron chi connectivity index (χ1n) is 7.25. The molecule has 2 aromatic rings. The van der Waals surface area contributed by atoms with Crippen LogP contribution in [0.5, 0.6) is 0 Å². The van der Waals surface area contributed by atoms with E-state index >= 15 is 0 Å². The van der Waals surface area contributed by atoms with Crippen molar-refractivity contribution in [1.82, 2.24) is 10.6 Å². The van der Waals surface area contributed by atoms with Crippen molar-refractivity contribution in [3.05, 3.63) is 35.6 Å².